The third kappa shape index (κ3) is 4.16. The molecule has 1 unspecified atom stereocenters. The van der Waals surface area contributed by atoms with Gasteiger partial charge in [-0.15, -0.1) is 0 Å². The van der Waals surface area contributed by atoms with E-state index in [2.05, 4.69) is 5.32 Å². The van der Waals surface area contributed by atoms with Crippen LogP contribution in [0.3, 0.4) is 0 Å². The molecular weight excluding hydrogens is 352 g/mol. The first-order valence-electron chi connectivity index (χ1n) is 8.68. The lowest BCUT2D eigenvalue weighted by molar-refractivity contribution is 0.0934. The molecule has 0 saturated carbocycles. The van der Waals surface area contributed by atoms with Crippen molar-refractivity contribution in [1.29, 1.82) is 0 Å². The van der Waals surface area contributed by atoms with Gasteiger partial charge in [0.25, 0.3) is 5.91 Å². The van der Waals surface area contributed by atoms with E-state index in [0.29, 0.717) is 30.0 Å². The predicted octanol–water partition coefficient (Wildman–Crippen LogP) is 3.42. The molecule has 2 rings (SSSR count). The van der Waals surface area contributed by atoms with Crippen molar-refractivity contribution in [2.45, 2.75) is 45.6 Å². The molecule has 0 spiro atoms. The van der Waals surface area contributed by atoms with Crippen molar-refractivity contribution in [2.75, 3.05) is 13.1 Å². The van der Waals surface area contributed by atoms with Gasteiger partial charge >= 0.3 is 0 Å². The lowest BCUT2D eigenvalue weighted by atomic mass is 10.1. The second kappa shape index (κ2) is 8.05. The molecule has 1 aromatic heterocycles. The zero-order valence-electron chi connectivity index (χ0n) is 15.9. The van der Waals surface area contributed by atoms with Crippen molar-refractivity contribution in [3.8, 4) is 0 Å². The molecule has 0 aliphatic heterocycles. The Labute approximate surface area is 155 Å². The Kier molecular flexibility index (Phi) is 6.26. The van der Waals surface area contributed by atoms with Crippen LogP contribution in [0.4, 0.5) is 0 Å². The largest absolute Gasteiger partial charge is 0.464 e. The van der Waals surface area contributed by atoms with E-state index in [-0.39, 0.29) is 16.8 Å². The molecule has 6 nitrogen and oxygen atoms in total. The quantitative estimate of drug-likeness (QED) is 0.801. The highest BCUT2D eigenvalue weighted by Gasteiger charge is 2.24. The SMILES string of the molecule is CCN(CC)S(=O)(=O)c1ccc(C)c(C(=O)NC(C)c2ccc(C)o2)c1. The van der Waals surface area contributed by atoms with Crippen LogP contribution in [0.2, 0.25) is 0 Å². The molecule has 0 fully saturated rings. The van der Waals surface area contributed by atoms with E-state index < -0.39 is 10.0 Å². The number of benzene rings is 1. The third-order valence-electron chi connectivity index (χ3n) is 4.33. The van der Waals surface area contributed by atoms with Gasteiger partial charge in [-0.25, -0.2) is 8.42 Å². The lowest BCUT2D eigenvalue weighted by Gasteiger charge is -2.19. The summed E-state index contributed by atoms with van der Waals surface area (Å²) in [6.45, 7) is 9.77. The van der Waals surface area contributed by atoms with Gasteiger partial charge in [-0.3, -0.25) is 4.79 Å². The molecule has 0 radical (unpaired) electrons. The number of carbonyl (C=O) groups is 1. The highest BCUT2D eigenvalue weighted by atomic mass is 32.2. The lowest BCUT2D eigenvalue weighted by Crippen LogP contribution is -2.31. The highest BCUT2D eigenvalue weighted by molar-refractivity contribution is 7.89. The predicted molar refractivity (Wildman–Crippen MR) is 101 cm³/mol. The molecule has 7 heteroatoms. The molecule has 1 atom stereocenters. The van der Waals surface area contributed by atoms with Crippen molar-refractivity contribution in [3.63, 3.8) is 0 Å². The fraction of sp³-hybridized carbons (Fsp3) is 0.421. The van der Waals surface area contributed by atoms with Crippen LogP contribution >= 0.6 is 0 Å². The van der Waals surface area contributed by atoms with Crippen molar-refractivity contribution in [3.05, 3.63) is 53.0 Å². The van der Waals surface area contributed by atoms with E-state index in [1.807, 2.05) is 26.0 Å². The van der Waals surface area contributed by atoms with Crippen LogP contribution in [0.15, 0.2) is 39.6 Å². The summed E-state index contributed by atoms with van der Waals surface area (Å²) in [5, 5.41) is 2.86. The number of furan rings is 1. The first kappa shape index (κ1) is 20.2. The molecule has 2 aromatic rings. The zero-order chi connectivity index (χ0) is 19.5. The van der Waals surface area contributed by atoms with Gasteiger partial charge < -0.3 is 9.73 Å². The van der Waals surface area contributed by atoms with Crippen molar-refractivity contribution in [1.82, 2.24) is 9.62 Å². The summed E-state index contributed by atoms with van der Waals surface area (Å²) in [6.07, 6.45) is 0. The van der Waals surface area contributed by atoms with Gasteiger partial charge in [0, 0.05) is 18.7 Å². The number of hydrogen-bond acceptors (Lipinski definition) is 4. The summed E-state index contributed by atoms with van der Waals surface area (Å²) in [7, 11) is -3.62. The van der Waals surface area contributed by atoms with Crippen LogP contribution in [0.1, 0.15) is 54.3 Å². The summed E-state index contributed by atoms with van der Waals surface area (Å²) >= 11 is 0. The number of nitrogens with zero attached hydrogens (tertiary/aromatic N) is 1. The smallest absolute Gasteiger partial charge is 0.252 e. The van der Waals surface area contributed by atoms with Crippen LogP contribution in [-0.2, 0) is 10.0 Å². The Morgan fingerprint density at radius 1 is 1.15 bits per heavy atom. The average Bonchev–Trinajstić information content (AvgIpc) is 3.02. The fourth-order valence-electron chi connectivity index (χ4n) is 2.75. The van der Waals surface area contributed by atoms with Gasteiger partial charge in [-0.2, -0.15) is 4.31 Å². The van der Waals surface area contributed by atoms with Crippen LogP contribution in [0.25, 0.3) is 0 Å². The molecular formula is C19H26N2O4S. The van der Waals surface area contributed by atoms with Gasteiger partial charge in [-0.05, 0) is 50.6 Å². The van der Waals surface area contributed by atoms with Gasteiger partial charge in [0.15, 0.2) is 0 Å². The summed E-state index contributed by atoms with van der Waals surface area (Å²) in [4.78, 5) is 12.8. The molecule has 1 N–H and O–H groups in total. The molecule has 0 saturated heterocycles. The minimum atomic E-state index is -3.62. The third-order valence-corrected chi connectivity index (χ3v) is 6.38. The Bertz CT molecular complexity index is 883. The maximum Gasteiger partial charge on any atom is 0.252 e. The first-order valence-corrected chi connectivity index (χ1v) is 10.1. The van der Waals surface area contributed by atoms with Crippen molar-refractivity contribution < 1.29 is 17.6 Å². The maximum absolute atomic E-state index is 12.7. The minimum absolute atomic E-state index is 0.124. The van der Waals surface area contributed by atoms with E-state index in [0.717, 1.165) is 5.76 Å². The molecule has 1 amide bonds. The van der Waals surface area contributed by atoms with Crippen molar-refractivity contribution >= 4 is 15.9 Å². The highest BCUT2D eigenvalue weighted by Crippen LogP contribution is 2.21. The molecule has 0 aliphatic carbocycles. The summed E-state index contributed by atoms with van der Waals surface area (Å²) in [6, 6.07) is 7.97. The number of aryl methyl sites for hydroxylation is 2. The Morgan fingerprint density at radius 3 is 2.35 bits per heavy atom. The van der Waals surface area contributed by atoms with E-state index >= 15 is 0 Å². The number of rotatable bonds is 7. The molecule has 142 valence electrons. The van der Waals surface area contributed by atoms with Gasteiger partial charge in [0.1, 0.15) is 11.5 Å². The van der Waals surface area contributed by atoms with Crippen LogP contribution in [0.5, 0.6) is 0 Å². The molecule has 1 heterocycles. The van der Waals surface area contributed by atoms with Crippen molar-refractivity contribution in [2.24, 2.45) is 0 Å². The number of amides is 1. The Balaban J connectivity index is 2.30. The second-order valence-corrected chi connectivity index (χ2v) is 8.15. The summed E-state index contributed by atoms with van der Waals surface area (Å²) in [5.74, 6) is 1.09. The second-order valence-electron chi connectivity index (χ2n) is 6.21. The summed E-state index contributed by atoms with van der Waals surface area (Å²) in [5.41, 5.74) is 1.05. The van der Waals surface area contributed by atoms with Crippen LogP contribution in [-0.4, -0.2) is 31.7 Å². The Hall–Kier alpha value is -2.12. The Morgan fingerprint density at radius 2 is 1.81 bits per heavy atom. The summed E-state index contributed by atoms with van der Waals surface area (Å²) < 4.78 is 32.3. The van der Waals surface area contributed by atoms with E-state index in [4.69, 9.17) is 4.42 Å². The number of nitrogens with one attached hydrogen (secondary N) is 1. The van der Waals surface area contributed by atoms with E-state index in [9.17, 15) is 13.2 Å². The van der Waals surface area contributed by atoms with Crippen LogP contribution in [0, 0.1) is 13.8 Å². The maximum atomic E-state index is 12.7. The van der Waals surface area contributed by atoms with E-state index in [1.54, 1.807) is 32.9 Å². The van der Waals surface area contributed by atoms with Gasteiger partial charge in [0.05, 0.1) is 10.9 Å². The normalized spacial score (nSPS) is 13.0. The fourth-order valence-corrected chi connectivity index (χ4v) is 4.24. The number of carbonyl (C=O) groups excluding carboxylic acids is 1. The zero-order valence-corrected chi connectivity index (χ0v) is 16.7. The standard InChI is InChI=1S/C19H26N2O4S/c1-6-21(7-2)26(23,24)16-10-8-13(3)17(12-16)19(22)20-15(5)18-11-9-14(4)25-18/h8-12,15H,6-7H2,1-5H3,(H,20,22). The molecule has 0 bridgehead atoms. The molecule has 0 aliphatic rings. The molecule has 1 aromatic carbocycles. The number of sulfonamides is 1. The van der Waals surface area contributed by atoms with Gasteiger partial charge in [0.2, 0.25) is 10.0 Å². The van der Waals surface area contributed by atoms with Gasteiger partial charge in [-0.1, -0.05) is 19.9 Å². The topological polar surface area (TPSA) is 79.6 Å². The molecule has 26 heavy (non-hydrogen) atoms. The van der Waals surface area contributed by atoms with Crippen LogP contribution < -0.4 is 5.32 Å². The number of hydrogen-bond donors (Lipinski definition) is 1. The van der Waals surface area contributed by atoms with E-state index in [1.165, 1.54) is 10.4 Å². The monoisotopic (exact) mass is 378 g/mol. The first-order chi connectivity index (χ1) is 12.2. The average molecular weight is 378 g/mol. The minimum Gasteiger partial charge on any atom is -0.464 e.